The first-order valence-corrected chi connectivity index (χ1v) is 6.05. The van der Waals surface area contributed by atoms with Gasteiger partial charge in [-0.1, -0.05) is 26.7 Å². The lowest BCUT2D eigenvalue weighted by atomic mass is 10.2. The highest BCUT2D eigenvalue weighted by molar-refractivity contribution is 7.90. The molecule has 0 aromatic carbocycles. The lowest BCUT2D eigenvalue weighted by molar-refractivity contribution is 0.550. The van der Waals surface area contributed by atoms with E-state index >= 15 is 0 Å². The summed E-state index contributed by atoms with van der Waals surface area (Å²) in [5.74, 6) is 0. The molecule has 0 bridgehead atoms. The second kappa shape index (κ2) is 5.54. The molecule has 0 aliphatic rings. The van der Waals surface area contributed by atoms with Crippen LogP contribution >= 0.6 is 0 Å². The Morgan fingerprint density at radius 1 is 1.33 bits per heavy atom. The van der Waals surface area contributed by atoms with Crippen LogP contribution in [0.25, 0.3) is 0 Å². The smallest absolute Gasteiger partial charge is 0.214 e. The fourth-order valence-electron chi connectivity index (χ4n) is 1.18. The van der Waals surface area contributed by atoms with Crippen molar-refractivity contribution in [1.29, 1.82) is 0 Å². The summed E-state index contributed by atoms with van der Waals surface area (Å²) in [6.45, 7) is 3.98. The van der Waals surface area contributed by atoms with Crippen LogP contribution in [-0.4, -0.2) is 20.7 Å². The molecule has 0 unspecified atom stereocenters. The van der Waals surface area contributed by atoms with E-state index < -0.39 is 10.0 Å². The van der Waals surface area contributed by atoms with Crippen LogP contribution in [0.15, 0.2) is 0 Å². The van der Waals surface area contributed by atoms with E-state index in [9.17, 15) is 8.42 Å². The summed E-state index contributed by atoms with van der Waals surface area (Å²) in [5.41, 5.74) is 0. The molecule has 0 fully saturated rings. The number of unbranched alkanes of at least 4 members (excludes halogenated alkanes) is 1. The molecule has 0 amide bonds. The summed E-state index contributed by atoms with van der Waals surface area (Å²) in [4.78, 5) is 0. The molecule has 0 saturated heterocycles. The van der Waals surface area contributed by atoms with Crippen LogP contribution in [0.2, 0.25) is 0 Å². The van der Waals surface area contributed by atoms with Gasteiger partial charge in [0.25, 0.3) is 0 Å². The lowest BCUT2D eigenvalue weighted by Gasteiger charge is -2.13. The van der Waals surface area contributed by atoms with Gasteiger partial charge in [0.15, 0.2) is 0 Å². The van der Waals surface area contributed by atoms with Gasteiger partial charge in [-0.15, -0.1) is 0 Å². The van der Waals surface area contributed by atoms with Crippen LogP contribution in [-0.2, 0) is 10.0 Å². The van der Waals surface area contributed by atoms with E-state index in [2.05, 4.69) is 11.6 Å². The molecule has 0 radical (unpaired) electrons. The summed E-state index contributed by atoms with van der Waals surface area (Å²) in [6, 6.07) is 0. The van der Waals surface area contributed by atoms with Gasteiger partial charge >= 0.3 is 0 Å². The first kappa shape index (κ1) is 11.9. The average Bonchev–Trinajstić information content (AvgIpc) is 2.05. The third-order valence-electron chi connectivity index (χ3n) is 2.06. The summed E-state index contributed by atoms with van der Waals surface area (Å²) in [6.07, 6.45) is 3.51. The predicted octanol–water partition coefficient (Wildman–Crippen LogP) is 1.50. The number of hydrogen-bond donors (Lipinski definition) is 1. The van der Waals surface area contributed by atoms with Crippen molar-refractivity contribution in [1.82, 2.24) is 4.72 Å². The second-order valence-electron chi connectivity index (χ2n) is 2.92. The molecule has 1 N–H and O–H groups in total. The van der Waals surface area contributed by atoms with Crippen molar-refractivity contribution in [2.75, 3.05) is 7.05 Å². The first-order chi connectivity index (χ1) is 5.58. The van der Waals surface area contributed by atoms with E-state index in [0.29, 0.717) is 6.42 Å². The maximum atomic E-state index is 11.3. The van der Waals surface area contributed by atoms with Crippen molar-refractivity contribution < 1.29 is 8.42 Å². The number of sulfonamides is 1. The van der Waals surface area contributed by atoms with Gasteiger partial charge in [-0.05, 0) is 19.9 Å². The Hall–Kier alpha value is -0.0900. The molecule has 0 aromatic heterocycles. The number of hydrogen-bond acceptors (Lipinski definition) is 2. The van der Waals surface area contributed by atoms with Crippen LogP contribution in [0.4, 0.5) is 0 Å². The van der Waals surface area contributed by atoms with Crippen molar-refractivity contribution in [2.45, 2.75) is 44.8 Å². The SMILES string of the molecule is CCCC[C@@H](CC)S(=O)(=O)NC. The van der Waals surface area contributed by atoms with Gasteiger partial charge in [-0.3, -0.25) is 0 Å². The normalized spacial score (nSPS) is 14.6. The molecular formula is C8H19NO2S. The molecular weight excluding hydrogens is 174 g/mol. The third-order valence-corrected chi connectivity index (χ3v) is 4.07. The molecule has 0 aliphatic carbocycles. The van der Waals surface area contributed by atoms with Crippen molar-refractivity contribution in [2.24, 2.45) is 0 Å². The Morgan fingerprint density at radius 2 is 1.92 bits per heavy atom. The van der Waals surface area contributed by atoms with Crippen LogP contribution in [0.3, 0.4) is 0 Å². The average molecular weight is 193 g/mol. The zero-order valence-electron chi connectivity index (χ0n) is 8.13. The summed E-state index contributed by atoms with van der Waals surface area (Å²) in [7, 11) is -1.56. The van der Waals surface area contributed by atoms with E-state index in [0.717, 1.165) is 19.3 Å². The Morgan fingerprint density at radius 3 is 2.25 bits per heavy atom. The molecule has 0 heterocycles. The highest BCUT2D eigenvalue weighted by atomic mass is 32.2. The lowest BCUT2D eigenvalue weighted by Crippen LogP contribution is -2.31. The Labute approximate surface area is 75.6 Å². The molecule has 4 heteroatoms. The Balaban J connectivity index is 4.15. The quantitative estimate of drug-likeness (QED) is 0.695. The van der Waals surface area contributed by atoms with E-state index in [4.69, 9.17) is 0 Å². The van der Waals surface area contributed by atoms with Gasteiger partial charge in [0.05, 0.1) is 5.25 Å². The van der Waals surface area contributed by atoms with Gasteiger partial charge in [-0.2, -0.15) is 0 Å². The minimum Gasteiger partial charge on any atom is -0.218 e. The van der Waals surface area contributed by atoms with Gasteiger partial charge in [-0.25, -0.2) is 13.1 Å². The van der Waals surface area contributed by atoms with Gasteiger partial charge in [0.1, 0.15) is 0 Å². The molecule has 0 spiro atoms. The standard InChI is InChI=1S/C8H19NO2S/c1-4-6-7-8(5-2)12(10,11)9-3/h8-9H,4-7H2,1-3H3/t8-/m1/s1. The third kappa shape index (κ3) is 3.54. The maximum Gasteiger partial charge on any atom is 0.214 e. The molecule has 0 saturated carbocycles. The molecule has 3 nitrogen and oxygen atoms in total. The summed E-state index contributed by atoms with van der Waals surface area (Å²) < 4.78 is 25.0. The second-order valence-corrected chi connectivity index (χ2v) is 5.09. The van der Waals surface area contributed by atoms with Crippen molar-refractivity contribution in [3.63, 3.8) is 0 Å². The fraction of sp³-hybridized carbons (Fsp3) is 1.00. The molecule has 1 atom stereocenters. The van der Waals surface area contributed by atoms with Crippen molar-refractivity contribution in [3.8, 4) is 0 Å². The van der Waals surface area contributed by atoms with Gasteiger partial charge < -0.3 is 0 Å². The minimum atomic E-state index is -3.03. The van der Waals surface area contributed by atoms with E-state index in [1.54, 1.807) is 0 Å². The molecule has 0 rings (SSSR count). The first-order valence-electron chi connectivity index (χ1n) is 4.50. The minimum absolute atomic E-state index is 0.206. The maximum absolute atomic E-state index is 11.3. The number of nitrogens with one attached hydrogen (secondary N) is 1. The molecule has 0 aliphatic heterocycles. The van der Waals surface area contributed by atoms with E-state index in [1.807, 2.05) is 6.92 Å². The largest absolute Gasteiger partial charge is 0.218 e. The zero-order valence-corrected chi connectivity index (χ0v) is 8.95. The molecule has 0 aromatic rings. The molecule has 74 valence electrons. The topological polar surface area (TPSA) is 46.2 Å². The highest BCUT2D eigenvalue weighted by Crippen LogP contribution is 2.11. The van der Waals surface area contributed by atoms with Crippen LogP contribution in [0.1, 0.15) is 39.5 Å². The van der Waals surface area contributed by atoms with E-state index in [-0.39, 0.29) is 5.25 Å². The Bertz CT molecular complexity index is 199. The van der Waals surface area contributed by atoms with E-state index in [1.165, 1.54) is 7.05 Å². The summed E-state index contributed by atoms with van der Waals surface area (Å²) >= 11 is 0. The summed E-state index contributed by atoms with van der Waals surface area (Å²) in [5, 5.41) is -0.206. The van der Waals surface area contributed by atoms with Crippen LogP contribution in [0, 0.1) is 0 Å². The van der Waals surface area contributed by atoms with Crippen LogP contribution < -0.4 is 4.72 Å². The van der Waals surface area contributed by atoms with Crippen LogP contribution in [0.5, 0.6) is 0 Å². The monoisotopic (exact) mass is 193 g/mol. The van der Waals surface area contributed by atoms with Gasteiger partial charge in [0.2, 0.25) is 10.0 Å². The fourth-order valence-corrected chi connectivity index (χ4v) is 2.43. The number of rotatable bonds is 6. The van der Waals surface area contributed by atoms with Crippen molar-refractivity contribution in [3.05, 3.63) is 0 Å². The predicted molar refractivity (Wildman–Crippen MR) is 51.6 cm³/mol. The zero-order chi connectivity index (χ0) is 9.61. The van der Waals surface area contributed by atoms with Crippen molar-refractivity contribution >= 4 is 10.0 Å². The molecule has 12 heavy (non-hydrogen) atoms. The highest BCUT2D eigenvalue weighted by Gasteiger charge is 2.20. The Kier molecular flexibility index (Phi) is 5.50. The van der Waals surface area contributed by atoms with Gasteiger partial charge in [0, 0.05) is 0 Å².